The molecule has 0 unspecified atom stereocenters. The predicted molar refractivity (Wildman–Crippen MR) is 76.6 cm³/mol. The highest BCUT2D eigenvalue weighted by atomic mass is 16.3. The predicted octanol–water partition coefficient (Wildman–Crippen LogP) is 2.39. The molecule has 1 aromatic carbocycles. The van der Waals surface area contributed by atoms with Gasteiger partial charge in [0.2, 0.25) is 0 Å². The van der Waals surface area contributed by atoms with Crippen LogP contribution in [0.3, 0.4) is 0 Å². The molecule has 0 amide bonds. The molecule has 3 rings (SSSR count). The van der Waals surface area contributed by atoms with Gasteiger partial charge in [0, 0.05) is 29.9 Å². The van der Waals surface area contributed by atoms with E-state index in [0.717, 1.165) is 28.4 Å². The van der Waals surface area contributed by atoms with Crippen molar-refractivity contribution in [3.8, 4) is 0 Å². The smallest absolute Gasteiger partial charge is 0.152 e. The molecule has 4 nitrogen and oxygen atoms in total. The number of aldehydes is 1. The lowest BCUT2D eigenvalue weighted by Gasteiger charge is -2.05. The Morgan fingerprint density at radius 1 is 1.15 bits per heavy atom. The lowest BCUT2D eigenvalue weighted by Crippen LogP contribution is -1.99. The van der Waals surface area contributed by atoms with Crippen molar-refractivity contribution in [3.63, 3.8) is 0 Å². The van der Waals surface area contributed by atoms with Crippen LogP contribution in [-0.2, 0) is 13.2 Å². The minimum absolute atomic E-state index is 0.0452. The zero-order valence-electron chi connectivity index (χ0n) is 10.9. The van der Waals surface area contributed by atoms with Crippen LogP contribution in [0.1, 0.15) is 21.5 Å². The first-order valence-electron chi connectivity index (χ1n) is 6.39. The zero-order chi connectivity index (χ0) is 13.9. The summed E-state index contributed by atoms with van der Waals surface area (Å²) in [6, 6.07) is 11.5. The Bertz CT molecular complexity index is 745. The monoisotopic (exact) mass is 266 g/mol. The van der Waals surface area contributed by atoms with Crippen molar-refractivity contribution < 1.29 is 9.90 Å². The summed E-state index contributed by atoms with van der Waals surface area (Å²) in [4.78, 5) is 15.4. The van der Waals surface area contributed by atoms with E-state index < -0.39 is 0 Å². The molecule has 0 radical (unpaired) electrons. The van der Waals surface area contributed by atoms with E-state index in [9.17, 15) is 4.79 Å². The van der Waals surface area contributed by atoms with Crippen LogP contribution in [0.25, 0.3) is 11.0 Å². The Kier molecular flexibility index (Phi) is 3.31. The molecular formula is C16H14N2O2. The maximum atomic E-state index is 11.1. The molecule has 2 aromatic heterocycles. The third-order valence-electron chi connectivity index (χ3n) is 3.35. The number of fused-ring (bicyclic) bond motifs is 1. The fraction of sp³-hybridized carbons (Fsp3) is 0.125. The standard InChI is InChI=1S/C16H14N2O2/c19-10-13-5-3-12(4-6-13)8-18-9-14(11-20)15-2-1-7-17-16(15)18/h1-7,9,11,19H,8,10H2. The largest absolute Gasteiger partial charge is 0.392 e. The molecule has 0 aliphatic heterocycles. The molecule has 3 aromatic rings. The quantitative estimate of drug-likeness (QED) is 0.738. The van der Waals surface area contributed by atoms with Crippen molar-refractivity contribution in [1.29, 1.82) is 0 Å². The number of aliphatic hydroxyl groups excluding tert-OH is 1. The molecule has 0 saturated carbocycles. The zero-order valence-corrected chi connectivity index (χ0v) is 10.9. The number of aromatic nitrogens is 2. The highest BCUT2D eigenvalue weighted by Gasteiger charge is 2.08. The summed E-state index contributed by atoms with van der Waals surface area (Å²) in [5, 5.41) is 9.91. The van der Waals surface area contributed by atoms with Gasteiger partial charge in [-0.2, -0.15) is 0 Å². The third-order valence-corrected chi connectivity index (χ3v) is 3.35. The van der Waals surface area contributed by atoms with Gasteiger partial charge in [-0.05, 0) is 23.3 Å². The maximum absolute atomic E-state index is 11.1. The molecule has 0 atom stereocenters. The summed E-state index contributed by atoms with van der Waals surface area (Å²) in [6.45, 7) is 0.691. The SMILES string of the molecule is O=Cc1cn(Cc2ccc(CO)cc2)c2ncccc12. The molecule has 4 heteroatoms. The summed E-state index contributed by atoms with van der Waals surface area (Å²) in [6.07, 6.45) is 4.41. The average molecular weight is 266 g/mol. The van der Waals surface area contributed by atoms with E-state index >= 15 is 0 Å². The van der Waals surface area contributed by atoms with Crippen LogP contribution in [0.15, 0.2) is 48.8 Å². The molecule has 0 fully saturated rings. The molecule has 0 aliphatic carbocycles. The van der Waals surface area contributed by atoms with Gasteiger partial charge < -0.3 is 9.67 Å². The minimum atomic E-state index is 0.0452. The van der Waals surface area contributed by atoms with Crippen molar-refractivity contribution >= 4 is 17.3 Å². The second kappa shape index (κ2) is 5.27. The Labute approximate surface area is 116 Å². The van der Waals surface area contributed by atoms with E-state index in [1.807, 2.05) is 47.2 Å². The van der Waals surface area contributed by atoms with E-state index in [0.29, 0.717) is 12.1 Å². The highest BCUT2D eigenvalue weighted by Crippen LogP contribution is 2.19. The lowest BCUT2D eigenvalue weighted by atomic mass is 10.1. The fourth-order valence-electron chi connectivity index (χ4n) is 2.31. The molecule has 1 N–H and O–H groups in total. The van der Waals surface area contributed by atoms with Gasteiger partial charge in [0.05, 0.1) is 6.61 Å². The maximum Gasteiger partial charge on any atom is 0.152 e. The van der Waals surface area contributed by atoms with Crippen molar-refractivity contribution in [1.82, 2.24) is 9.55 Å². The minimum Gasteiger partial charge on any atom is -0.392 e. The molecular weight excluding hydrogens is 252 g/mol. The summed E-state index contributed by atoms with van der Waals surface area (Å²) in [5.41, 5.74) is 3.45. The van der Waals surface area contributed by atoms with Gasteiger partial charge in [-0.1, -0.05) is 24.3 Å². The first-order chi connectivity index (χ1) is 9.81. The van der Waals surface area contributed by atoms with Gasteiger partial charge >= 0.3 is 0 Å². The number of nitrogens with zero attached hydrogens (tertiary/aromatic N) is 2. The van der Waals surface area contributed by atoms with Crippen molar-refractivity contribution in [2.45, 2.75) is 13.2 Å². The number of hydrogen-bond acceptors (Lipinski definition) is 3. The van der Waals surface area contributed by atoms with Gasteiger partial charge in [0.1, 0.15) is 5.65 Å². The van der Waals surface area contributed by atoms with Gasteiger partial charge in [0.25, 0.3) is 0 Å². The summed E-state index contributed by atoms with van der Waals surface area (Å²) < 4.78 is 1.97. The van der Waals surface area contributed by atoms with Gasteiger partial charge in [-0.15, -0.1) is 0 Å². The van der Waals surface area contributed by atoms with Crippen LogP contribution < -0.4 is 0 Å². The second-order valence-corrected chi connectivity index (χ2v) is 4.68. The topological polar surface area (TPSA) is 55.1 Å². The molecule has 20 heavy (non-hydrogen) atoms. The molecule has 0 bridgehead atoms. The first kappa shape index (κ1) is 12.6. The Hall–Kier alpha value is -2.46. The van der Waals surface area contributed by atoms with Crippen LogP contribution in [0, 0.1) is 0 Å². The number of benzene rings is 1. The molecule has 0 aliphatic rings. The van der Waals surface area contributed by atoms with E-state index in [1.165, 1.54) is 0 Å². The molecule has 0 spiro atoms. The van der Waals surface area contributed by atoms with Crippen molar-refractivity contribution in [2.75, 3.05) is 0 Å². The Morgan fingerprint density at radius 3 is 2.60 bits per heavy atom. The number of pyridine rings is 1. The van der Waals surface area contributed by atoms with Crippen LogP contribution in [0.5, 0.6) is 0 Å². The number of aliphatic hydroxyl groups is 1. The van der Waals surface area contributed by atoms with Crippen LogP contribution in [0.4, 0.5) is 0 Å². The third kappa shape index (κ3) is 2.21. The van der Waals surface area contributed by atoms with Crippen molar-refractivity contribution in [2.24, 2.45) is 0 Å². The average Bonchev–Trinajstić information content (AvgIpc) is 2.86. The fourth-order valence-corrected chi connectivity index (χ4v) is 2.31. The van der Waals surface area contributed by atoms with Crippen molar-refractivity contribution in [3.05, 3.63) is 65.5 Å². The Balaban J connectivity index is 1.99. The van der Waals surface area contributed by atoms with E-state index in [2.05, 4.69) is 4.98 Å². The second-order valence-electron chi connectivity index (χ2n) is 4.68. The molecule has 0 saturated heterocycles. The molecule has 2 heterocycles. The number of carbonyl (C=O) groups is 1. The highest BCUT2D eigenvalue weighted by molar-refractivity contribution is 5.95. The van der Waals surface area contributed by atoms with E-state index in [-0.39, 0.29) is 6.61 Å². The number of rotatable bonds is 4. The van der Waals surface area contributed by atoms with Crippen LogP contribution in [0.2, 0.25) is 0 Å². The van der Waals surface area contributed by atoms with Crippen LogP contribution in [-0.4, -0.2) is 20.9 Å². The first-order valence-corrected chi connectivity index (χ1v) is 6.39. The number of hydrogen-bond donors (Lipinski definition) is 1. The van der Waals surface area contributed by atoms with E-state index in [4.69, 9.17) is 5.11 Å². The summed E-state index contributed by atoms with van der Waals surface area (Å²) in [7, 11) is 0. The summed E-state index contributed by atoms with van der Waals surface area (Å²) >= 11 is 0. The summed E-state index contributed by atoms with van der Waals surface area (Å²) in [5.74, 6) is 0. The van der Waals surface area contributed by atoms with Gasteiger partial charge in [-0.3, -0.25) is 4.79 Å². The lowest BCUT2D eigenvalue weighted by molar-refractivity contribution is 0.112. The van der Waals surface area contributed by atoms with E-state index in [1.54, 1.807) is 6.20 Å². The molecule has 100 valence electrons. The normalized spacial score (nSPS) is 10.8. The Morgan fingerprint density at radius 2 is 1.90 bits per heavy atom. The van der Waals surface area contributed by atoms with Crippen LogP contribution >= 0.6 is 0 Å². The van der Waals surface area contributed by atoms with Gasteiger partial charge in [0.15, 0.2) is 6.29 Å². The van der Waals surface area contributed by atoms with Gasteiger partial charge in [-0.25, -0.2) is 4.98 Å². The number of carbonyl (C=O) groups excluding carboxylic acids is 1.